The first kappa shape index (κ1) is 12.5. The largest absolute Gasteiger partial charge is 0.315 e. The maximum atomic E-state index is 4.20. The summed E-state index contributed by atoms with van der Waals surface area (Å²) in [6, 6.07) is 4.90. The van der Waals surface area contributed by atoms with Crippen LogP contribution in [0.1, 0.15) is 31.7 Å². The van der Waals surface area contributed by atoms with Gasteiger partial charge in [0.15, 0.2) is 0 Å². The van der Waals surface area contributed by atoms with E-state index in [4.69, 9.17) is 0 Å². The number of rotatable bonds is 5. The summed E-state index contributed by atoms with van der Waals surface area (Å²) in [5.41, 5.74) is 1.33. The van der Waals surface area contributed by atoms with Crippen molar-refractivity contribution in [2.45, 2.75) is 38.8 Å². The third-order valence-corrected chi connectivity index (χ3v) is 3.41. The van der Waals surface area contributed by atoms with Crippen LogP contribution in [-0.4, -0.2) is 35.6 Å². The van der Waals surface area contributed by atoms with Crippen molar-refractivity contribution in [3.8, 4) is 0 Å². The molecule has 17 heavy (non-hydrogen) atoms. The Kier molecular flexibility index (Phi) is 4.95. The molecule has 0 radical (unpaired) electrons. The molecule has 1 fully saturated rings. The van der Waals surface area contributed by atoms with Crippen LogP contribution < -0.4 is 5.32 Å². The zero-order valence-electron chi connectivity index (χ0n) is 10.7. The van der Waals surface area contributed by atoms with Crippen LogP contribution in [0, 0.1) is 0 Å². The molecule has 1 atom stereocenters. The number of hydrogen-bond acceptors (Lipinski definition) is 3. The van der Waals surface area contributed by atoms with E-state index >= 15 is 0 Å². The van der Waals surface area contributed by atoms with Gasteiger partial charge in [-0.3, -0.25) is 9.88 Å². The molecular weight excluding hydrogens is 210 g/mol. The fraction of sp³-hybridized carbons (Fsp3) is 0.643. The smallest absolute Gasteiger partial charge is 0.0312 e. The summed E-state index contributed by atoms with van der Waals surface area (Å²) in [6.45, 7) is 6.80. The molecule has 0 aromatic carbocycles. The average molecular weight is 233 g/mol. The highest BCUT2D eigenvalue weighted by molar-refractivity contribution is 5.08. The van der Waals surface area contributed by atoms with E-state index in [1.165, 1.54) is 37.9 Å². The van der Waals surface area contributed by atoms with E-state index in [2.05, 4.69) is 28.2 Å². The molecule has 1 aromatic rings. The zero-order chi connectivity index (χ0) is 11.9. The van der Waals surface area contributed by atoms with E-state index in [0.717, 1.165) is 13.1 Å². The molecule has 94 valence electrons. The molecule has 3 heteroatoms. The van der Waals surface area contributed by atoms with Crippen LogP contribution in [-0.2, 0) is 6.54 Å². The molecule has 3 nitrogen and oxygen atoms in total. The van der Waals surface area contributed by atoms with Crippen molar-refractivity contribution in [1.82, 2.24) is 15.2 Å². The van der Waals surface area contributed by atoms with Crippen LogP contribution in [0.2, 0.25) is 0 Å². The highest BCUT2D eigenvalue weighted by atomic mass is 15.2. The van der Waals surface area contributed by atoms with Gasteiger partial charge < -0.3 is 5.32 Å². The summed E-state index contributed by atoms with van der Waals surface area (Å²) in [5.74, 6) is 0. The Morgan fingerprint density at radius 2 is 2.47 bits per heavy atom. The summed E-state index contributed by atoms with van der Waals surface area (Å²) < 4.78 is 0. The lowest BCUT2D eigenvalue weighted by molar-refractivity contribution is 0.158. The fourth-order valence-corrected chi connectivity index (χ4v) is 2.55. The Morgan fingerprint density at radius 1 is 1.53 bits per heavy atom. The lowest BCUT2D eigenvalue weighted by Crippen LogP contribution is -2.45. The van der Waals surface area contributed by atoms with Gasteiger partial charge in [-0.2, -0.15) is 0 Å². The Labute approximate surface area is 104 Å². The predicted molar refractivity (Wildman–Crippen MR) is 70.8 cm³/mol. The van der Waals surface area contributed by atoms with Crippen LogP contribution in [0.15, 0.2) is 24.5 Å². The minimum atomic E-state index is 0.698. The molecule has 0 amide bonds. The standard InChI is InChI=1S/C14H23N3/c1-2-9-17(14-6-4-8-16-11-14)12-13-5-3-7-15-10-13/h3,5,7,10,14,16H,2,4,6,8-9,11-12H2,1H3. The van der Waals surface area contributed by atoms with Crippen molar-refractivity contribution in [3.05, 3.63) is 30.1 Å². The Morgan fingerprint density at radius 3 is 3.12 bits per heavy atom. The molecule has 0 aliphatic carbocycles. The molecule has 1 N–H and O–H groups in total. The van der Waals surface area contributed by atoms with E-state index in [-0.39, 0.29) is 0 Å². The van der Waals surface area contributed by atoms with E-state index in [1.807, 2.05) is 18.5 Å². The first-order chi connectivity index (χ1) is 8.40. The SMILES string of the molecule is CCCN(Cc1cccnc1)C1CCCNC1. The summed E-state index contributed by atoms with van der Waals surface area (Å²) >= 11 is 0. The van der Waals surface area contributed by atoms with Crippen molar-refractivity contribution in [2.75, 3.05) is 19.6 Å². The van der Waals surface area contributed by atoms with Gasteiger partial charge in [0.05, 0.1) is 0 Å². The van der Waals surface area contributed by atoms with Crippen molar-refractivity contribution < 1.29 is 0 Å². The molecular formula is C14H23N3. The van der Waals surface area contributed by atoms with Crippen molar-refractivity contribution in [1.29, 1.82) is 0 Å². The third-order valence-electron chi connectivity index (χ3n) is 3.41. The topological polar surface area (TPSA) is 28.2 Å². The van der Waals surface area contributed by atoms with Crippen molar-refractivity contribution in [2.24, 2.45) is 0 Å². The van der Waals surface area contributed by atoms with Gasteiger partial charge >= 0.3 is 0 Å². The molecule has 0 saturated carbocycles. The van der Waals surface area contributed by atoms with E-state index in [1.54, 1.807) is 0 Å². The Hall–Kier alpha value is -0.930. The van der Waals surface area contributed by atoms with E-state index < -0.39 is 0 Å². The quantitative estimate of drug-likeness (QED) is 0.843. The Balaban J connectivity index is 1.96. The second-order valence-corrected chi connectivity index (χ2v) is 4.83. The fourth-order valence-electron chi connectivity index (χ4n) is 2.55. The van der Waals surface area contributed by atoms with Gasteiger partial charge in [-0.25, -0.2) is 0 Å². The Bertz CT molecular complexity index is 307. The minimum absolute atomic E-state index is 0.698. The molecule has 1 aliphatic heterocycles. The highest BCUT2D eigenvalue weighted by Crippen LogP contribution is 2.14. The number of nitrogens with zero attached hydrogens (tertiary/aromatic N) is 2. The van der Waals surface area contributed by atoms with Crippen LogP contribution >= 0.6 is 0 Å². The van der Waals surface area contributed by atoms with Crippen LogP contribution in [0.25, 0.3) is 0 Å². The maximum Gasteiger partial charge on any atom is 0.0312 e. The van der Waals surface area contributed by atoms with Crippen LogP contribution in [0.3, 0.4) is 0 Å². The van der Waals surface area contributed by atoms with E-state index in [9.17, 15) is 0 Å². The number of pyridine rings is 1. The van der Waals surface area contributed by atoms with Gasteiger partial charge in [0, 0.05) is 31.5 Å². The zero-order valence-corrected chi connectivity index (χ0v) is 10.7. The normalized spacial score (nSPS) is 20.7. The van der Waals surface area contributed by atoms with Crippen LogP contribution in [0.5, 0.6) is 0 Å². The molecule has 1 aromatic heterocycles. The van der Waals surface area contributed by atoms with Gasteiger partial charge in [-0.1, -0.05) is 13.0 Å². The molecule has 1 aliphatic rings. The molecule has 2 rings (SSSR count). The maximum absolute atomic E-state index is 4.20. The van der Waals surface area contributed by atoms with Gasteiger partial charge in [0.25, 0.3) is 0 Å². The van der Waals surface area contributed by atoms with Gasteiger partial charge in [0.1, 0.15) is 0 Å². The summed E-state index contributed by atoms with van der Waals surface area (Å²) in [5, 5.41) is 3.50. The third kappa shape index (κ3) is 3.79. The molecule has 1 saturated heterocycles. The van der Waals surface area contributed by atoms with Crippen molar-refractivity contribution >= 4 is 0 Å². The van der Waals surface area contributed by atoms with Crippen LogP contribution in [0.4, 0.5) is 0 Å². The first-order valence-corrected chi connectivity index (χ1v) is 6.74. The first-order valence-electron chi connectivity index (χ1n) is 6.74. The minimum Gasteiger partial charge on any atom is -0.315 e. The molecule has 1 unspecified atom stereocenters. The second-order valence-electron chi connectivity index (χ2n) is 4.83. The number of hydrogen-bond donors (Lipinski definition) is 1. The highest BCUT2D eigenvalue weighted by Gasteiger charge is 2.20. The van der Waals surface area contributed by atoms with E-state index in [0.29, 0.717) is 6.04 Å². The van der Waals surface area contributed by atoms with Gasteiger partial charge in [-0.15, -0.1) is 0 Å². The van der Waals surface area contributed by atoms with Gasteiger partial charge in [0.2, 0.25) is 0 Å². The predicted octanol–water partition coefficient (Wildman–Crippen LogP) is 2.05. The average Bonchev–Trinajstić information content (AvgIpc) is 2.40. The monoisotopic (exact) mass is 233 g/mol. The summed E-state index contributed by atoms with van der Waals surface area (Å²) in [7, 11) is 0. The lowest BCUT2D eigenvalue weighted by atomic mass is 10.0. The molecule has 0 spiro atoms. The summed E-state index contributed by atoms with van der Waals surface area (Å²) in [4.78, 5) is 6.80. The molecule has 2 heterocycles. The molecule has 0 bridgehead atoms. The second kappa shape index (κ2) is 6.72. The number of piperidine rings is 1. The van der Waals surface area contributed by atoms with Crippen molar-refractivity contribution in [3.63, 3.8) is 0 Å². The lowest BCUT2D eigenvalue weighted by Gasteiger charge is -2.34. The number of aromatic nitrogens is 1. The summed E-state index contributed by atoms with van der Waals surface area (Å²) in [6.07, 6.45) is 7.68. The number of nitrogens with one attached hydrogen (secondary N) is 1. The van der Waals surface area contributed by atoms with Gasteiger partial charge in [-0.05, 0) is 44.0 Å².